The molecule has 1 aliphatic heterocycles. The van der Waals surface area contributed by atoms with Crippen molar-refractivity contribution in [3.8, 4) is 23.0 Å². The quantitative estimate of drug-likeness (QED) is 0.155. The lowest BCUT2D eigenvalue weighted by Crippen LogP contribution is -2.60. The third kappa shape index (κ3) is 2.99. The Morgan fingerprint density at radius 1 is 0.853 bits per heavy atom. The van der Waals surface area contributed by atoms with E-state index in [0.29, 0.717) is 0 Å². The van der Waals surface area contributed by atoms with E-state index >= 15 is 0 Å². The van der Waals surface area contributed by atoms with Crippen LogP contribution in [0.5, 0.6) is 23.0 Å². The molecule has 0 amide bonds. The fraction of sp³-hybridized carbons (Fsp3) is 0.333. The van der Waals surface area contributed by atoms with Crippen LogP contribution < -0.4 is 20.7 Å². The van der Waals surface area contributed by atoms with Crippen LogP contribution in [-0.4, -0.2) is 75.1 Å². The largest absolute Gasteiger partial charge is 0.502 e. The number of aliphatic hydroxyl groups excluding tert-OH is 4. The Kier molecular flexibility index (Phi) is 5.03. The molecular formula is C21H18O13. The summed E-state index contributed by atoms with van der Waals surface area (Å²) in [7, 11) is 1.24. The van der Waals surface area contributed by atoms with Crippen LogP contribution in [-0.2, 0) is 4.74 Å². The van der Waals surface area contributed by atoms with E-state index in [4.69, 9.17) is 23.0 Å². The average molecular weight is 478 g/mol. The molecule has 0 radical (unpaired) electrons. The van der Waals surface area contributed by atoms with E-state index < -0.39 is 71.4 Å². The second-order valence-electron chi connectivity index (χ2n) is 7.75. The number of phenolic OH excluding ortho intramolecular Hbond substituents is 2. The number of methoxy groups -OCH3 is 1. The summed E-state index contributed by atoms with van der Waals surface area (Å²) in [5.41, 5.74) is -2.77. The topological polar surface area (TPSA) is 209 Å². The van der Waals surface area contributed by atoms with Crippen molar-refractivity contribution in [1.29, 1.82) is 0 Å². The molecule has 0 saturated carbocycles. The number of hydrogen-bond donors (Lipinski definition) is 6. The molecule has 0 spiro atoms. The van der Waals surface area contributed by atoms with Crippen LogP contribution in [0, 0.1) is 0 Å². The van der Waals surface area contributed by atoms with E-state index in [1.54, 1.807) is 0 Å². The van der Waals surface area contributed by atoms with Gasteiger partial charge in [-0.2, -0.15) is 0 Å². The average Bonchev–Trinajstić information content (AvgIpc) is 2.82. The second kappa shape index (κ2) is 7.72. The van der Waals surface area contributed by atoms with Crippen LogP contribution in [0.1, 0.15) is 0 Å². The van der Waals surface area contributed by atoms with Crippen LogP contribution in [0.15, 0.2) is 30.6 Å². The third-order valence-electron chi connectivity index (χ3n) is 5.83. The summed E-state index contributed by atoms with van der Waals surface area (Å²) in [6.07, 6.45) is -8.20. The SMILES string of the molecule is COc1cc2c(=O)oc3c(O)c(O[C@@H]4O[C@H](CO)[C@@H](O)[C@H](O)[C@H]4O)cc4c(=O)oc(c1O)c2c34. The zero-order valence-electron chi connectivity index (χ0n) is 17.3. The van der Waals surface area contributed by atoms with Crippen molar-refractivity contribution in [2.45, 2.75) is 30.7 Å². The lowest BCUT2D eigenvalue weighted by Gasteiger charge is -2.39. The molecule has 1 aliphatic rings. The summed E-state index contributed by atoms with van der Waals surface area (Å²) < 4.78 is 26.2. The number of hydrogen-bond acceptors (Lipinski definition) is 13. The van der Waals surface area contributed by atoms with Gasteiger partial charge in [0.05, 0.1) is 24.5 Å². The molecule has 1 saturated heterocycles. The van der Waals surface area contributed by atoms with Gasteiger partial charge >= 0.3 is 11.3 Å². The van der Waals surface area contributed by atoms with Crippen molar-refractivity contribution in [1.82, 2.24) is 0 Å². The molecule has 5 atom stereocenters. The number of phenols is 2. The molecule has 5 rings (SSSR count). The second-order valence-corrected chi connectivity index (χ2v) is 7.75. The lowest BCUT2D eigenvalue weighted by molar-refractivity contribution is -0.277. The Hall–Kier alpha value is -3.62. The van der Waals surface area contributed by atoms with E-state index in [9.17, 15) is 40.2 Å². The van der Waals surface area contributed by atoms with E-state index in [-0.39, 0.29) is 32.9 Å². The Labute approximate surface area is 187 Å². The molecule has 0 bridgehead atoms. The van der Waals surface area contributed by atoms with Crippen molar-refractivity contribution in [2.24, 2.45) is 0 Å². The minimum atomic E-state index is -1.81. The molecule has 2 aromatic heterocycles. The van der Waals surface area contributed by atoms with Gasteiger partial charge in [0, 0.05) is 10.8 Å². The van der Waals surface area contributed by atoms with Gasteiger partial charge in [-0.1, -0.05) is 0 Å². The van der Waals surface area contributed by atoms with Crippen LogP contribution in [0.4, 0.5) is 0 Å². The zero-order valence-corrected chi connectivity index (χ0v) is 17.3. The molecule has 2 aromatic carbocycles. The Balaban J connectivity index is 1.74. The third-order valence-corrected chi connectivity index (χ3v) is 5.83. The Bertz CT molecular complexity index is 1520. The first kappa shape index (κ1) is 22.2. The van der Waals surface area contributed by atoms with Crippen LogP contribution in [0.2, 0.25) is 0 Å². The highest BCUT2D eigenvalue weighted by atomic mass is 16.7. The van der Waals surface area contributed by atoms with E-state index in [2.05, 4.69) is 0 Å². The summed E-state index contributed by atoms with van der Waals surface area (Å²) in [4.78, 5) is 25.4. The summed E-state index contributed by atoms with van der Waals surface area (Å²) in [5.74, 6) is -1.93. The van der Waals surface area contributed by atoms with Crippen molar-refractivity contribution in [2.75, 3.05) is 13.7 Å². The van der Waals surface area contributed by atoms with E-state index in [1.807, 2.05) is 0 Å². The van der Waals surface area contributed by atoms with Gasteiger partial charge in [-0.3, -0.25) is 0 Å². The molecule has 1 fully saturated rings. The number of aliphatic hydroxyl groups is 4. The maximum atomic E-state index is 12.7. The number of rotatable bonds is 4. The Morgan fingerprint density at radius 2 is 1.38 bits per heavy atom. The predicted octanol–water partition coefficient (Wildman–Crippen LogP) is -0.911. The van der Waals surface area contributed by atoms with Crippen molar-refractivity contribution in [3.05, 3.63) is 33.0 Å². The van der Waals surface area contributed by atoms with Crippen LogP contribution in [0.25, 0.3) is 32.7 Å². The molecule has 4 aromatic rings. The van der Waals surface area contributed by atoms with Gasteiger partial charge in [0.25, 0.3) is 0 Å². The monoisotopic (exact) mass is 478 g/mol. The number of benzene rings is 2. The van der Waals surface area contributed by atoms with Gasteiger partial charge in [0.2, 0.25) is 17.8 Å². The van der Waals surface area contributed by atoms with Crippen molar-refractivity contribution >= 4 is 32.7 Å². The fourth-order valence-corrected chi connectivity index (χ4v) is 4.10. The highest BCUT2D eigenvalue weighted by Gasteiger charge is 2.45. The first-order valence-electron chi connectivity index (χ1n) is 9.93. The van der Waals surface area contributed by atoms with Crippen molar-refractivity contribution < 1.29 is 53.7 Å². The van der Waals surface area contributed by atoms with E-state index in [1.165, 1.54) is 13.2 Å². The summed E-state index contributed by atoms with van der Waals surface area (Å²) in [6, 6.07) is 2.23. The first-order valence-corrected chi connectivity index (χ1v) is 9.93. The molecule has 0 unspecified atom stereocenters. The smallest absolute Gasteiger partial charge is 0.344 e. The summed E-state index contributed by atoms with van der Waals surface area (Å²) in [5, 5.41) is 60.3. The van der Waals surface area contributed by atoms with Gasteiger partial charge in [-0.15, -0.1) is 0 Å². The highest BCUT2D eigenvalue weighted by molar-refractivity contribution is 6.22. The Morgan fingerprint density at radius 3 is 1.91 bits per heavy atom. The molecule has 3 heterocycles. The molecule has 6 N–H and O–H groups in total. The minimum absolute atomic E-state index is 0.00570. The molecule has 180 valence electrons. The molecule has 13 nitrogen and oxygen atoms in total. The lowest BCUT2D eigenvalue weighted by atomic mass is 9.99. The molecular weight excluding hydrogens is 460 g/mol. The molecule has 0 aliphatic carbocycles. The number of ether oxygens (including phenoxy) is 3. The van der Waals surface area contributed by atoms with E-state index in [0.717, 1.165) is 6.07 Å². The van der Waals surface area contributed by atoms with Gasteiger partial charge < -0.3 is 53.7 Å². The van der Waals surface area contributed by atoms with Gasteiger partial charge in [-0.25, -0.2) is 9.59 Å². The van der Waals surface area contributed by atoms with Gasteiger partial charge in [0.1, 0.15) is 24.4 Å². The summed E-state index contributed by atoms with van der Waals surface area (Å²) in [6.45, 7) is -0.720. The predicted molar refractivity (Wildman–Crippen MR) is 111 cm³/mol. The fourth-order valence-electron chi connectivity index (χ4n) is 4.10. The minimum Gasteiger partial charge on any atom is -0.502 e. The highest BCUT2D eigenvalue weighted by Crippen LogP contribution is 2.45. The standard InChI is InChI=1S/C21H18O13/c1-30-7-2-5-10-11-6(20(29)33-17(10)13(7)24)3-8(14(25)18(11)34-19(5)28)31-21-16(27)15(26)12(23)9(4-22)32-21/h2-3,9,12,15-16,21-27H,4H2,1H3/t9-,12-,15+,16-,21-/m1/s1. The van der Waals surface area contributed by atoms with Gasteiger partial charge in [0.15, 0.2) is 22.7 Å². The maximum Gasteiger partial charge on any atom is 0.344 e. The van der Waals surface area contributed by atoms with Gasteiger partial charge in [-0.05, 0) is 12.1 Å². The van der Waals surface area contributed by atoms with Crippen molar-refractivity contribution in [3.63, 3.8) is 0 Å². The normalized spacial score (nSPS) is 25.4. The van der Waals surface area contributed by atoms with Crippen LogP contribution >= 0.6 is 0 Å². The molecule has 13 heteroatoms. The van der Waals surface area contributed by atoms with Crippen LogP contribution in [0.3, 0.4) is 0 Å². The maximum absolute atomic E-state index is 12.7. The zero-order chi connectivity index (χ0) is 24.5. The molecule has 34 heavy (non-hydrogen) atoms. The number of aromatic hydroxyl groups is 2. The summed E-state index contributed by atoms with van der Waals surface area (Å²) >= 11 is 0. The first-order chi connectivity index (χ1) is 16.2.